The number of likely N-dealkylation sites (tertiary alicyclic amines) is 1. The normalized spacial score (nSPS) is 16.4. The SMILES string of the molecule is CC(C)C[C@H](NC(=O)Nc1ccccc1Cl)C(=O)N1CCC[C@H]1C(=O)N[C@@H](CCCN=C(N)N)C(=O)CF. The molecular weight excluding hydrogens is 517 g/mol. The van der Waals surface area contributed by atoms with Crippen molar-refractivity contribution in [3.8, 4) is 0 Å². The molecule has 0 aliphatic carbocycles. The van der Waals surface area contributed by atoms with Crippen LogP contribution in [0.1, 0.15) is 46.0 Å². The summed E-state index contributed by atoms with van der Waals surface area (Å²) in [4.78, 5) is 56.7. The van der Waals surface area contributed by atoms with E-state index in [4.69, 9.17) is 23.1 Å². The molecule has 1 heterocycles. The Labute approximate surface area is 226 Å². The smallest absolute Gasteiger partial charge is 0.319 e. The molecule has 0 unspecified atom stereocenters. The van der Waals surface area contributed by atoms with Crippen LogP contribution in [-0.2, 0) is 14.4 Å². The van der Waals surface area contributed by atoms with Gasteiger partial charge in [0.2, 0.25) is 11.8 Å². The van der Waals surface area contributed by atoms with Gasteiger partial charge in [0.05, 0.1) is 16.8 Å². The number of nitrogens with one attached hydrogen (secondary N) is 3. The van der Waals surface area contributed by atoms with Crippen LogP contribution in [0.25, 0.3) is 0 Å². The lowest BCUT2D eigenvalue weighted by molar-refractivity contribution is -0.141. The highest BCUT2D eigenvalue weighted by atomic mass is 35.5. The number of Topliss-reactive ketones (excluding diaryl/α,β-unsaturated/α-hetero) is 1. The number of alkyl halides is 1. The fraction of sp³-hybridized carbons (Fsp3) is 0.560. The van der Waals surface area contributed by atoms with Gasteiger partial charge >= 0.3 is 6.03 Å². The van der Waals surface area contributed by atoms with E-state index in [0.717, 1.165) is 0 Å². The van der Waals surface area contributed by atoms with Crippen molar-refractivity contribution in [2.45, 2.75) is 64.1 Å². The molecular formula is C25H37ClFN7O4. The maximum absolute atomic E-state index is 13.5. The van der Waals surface area contributed by atoms with E-state index in [1.165, 1.54) is 4.90 Å². The number of para-hydroxylation sites is 1. The fourth-order valence-electron chi connectivity index (χ4n) is 4.25. The Morgan fingerprint density at radius 3 is 2.50 bits per heavy atom. The number of ketones is 1. The van der Waals surface area contributed by atoms with Crippen molar-refractivity contribution in [1.82, 2.24) is 15.5 Å². The number of rotatable bonds is 13. The van der Waals surface area contributed by atoms with E-state index in [-0.39, 0.29) is 24.8 Å². The summed E-state index contributed by atoms with van der Waals surface area (Å²) < 4.78 is 13.1. The number of nitrogens with zero attached hydrogens (tertiary/aromatic N) is 2. The Hall–Kier alpha value is -3.41. The molecule has 1 saturated heterocycles. The maximum Gasteiger partial charge on any atom is 0.319 e. The molecule has 0 radical (unpaired) electrons. The minimum Gasteiger partial charge on any atom is -0.370 e. The number of nitrogens with two attached hydrogens (primary N) is 2. The molecule has 3 atom stereocenters. The second-order valence-electron chi connectivity index (χ2n) is 9.56. The highest BCUT2D eigenvalue weighted by molar-refractivity contribution is 6.33. The molecule has 4 amide bonds. The highest BCUT2D eigenvalue weighted by Gasteiger charge is 2.39. The molecule has 1 aromatic rings. The van der Waals surface area contributed by atoms with Gasteiger partial charge in [-0.15, -0.1) is 0 Å². The molecule has 0 bridgehead atoms. The Balaban J connectivity index is 2.09. The van der Waals surface area contributed by atoms with Gasteiger partial charge in [0.15, 0.2) is 11.7 Å². The Bertz CT molecular complexity index is 1020. The molecule has 2 rings (SSSR count). The quantitative estimate of drug-likeness (QED) is 0.142. The summed E-state index contributed by atoms with van der Waals surface area (Å²) in [6.07, 6.45) is 1.78. The molecule has 1 aromatic carbocycles. The van der Waals surface area contributed by atoms with Crippen molar-refractivity contribution in [3.05, 3.63) is 29.3 Å². The lowest BCUT2D eigenvalue weighted by Gasteiger charge is -2.30. The van der Waals surface area contributed by atoms with Gasteiger partial charge in [0, 0.05) is 13.1 Å². The molecule has 0 aromatic heterocycles. The predicted octanol–water partition coefficient (Wildman–Crippen LogP) is 1.94. The lowest BCUT2D eigenvalue weighted by atomic mass is 10.0. The van der Waals surface area contributed by atoms with E-state index in [1.54, 1.807) is 24.3 Å². The summed E-state index contributed by atoms with van der Waals surface area (Å²) in [5, 5.41) is 8.29. The Morgan fingerprint density at radius 1 is 1.16 bits per heavy atom. The van der Waals surface area contributed by atoms with Crippen LogP contribution in [0.4, 0.5) is 14.9 Å². The topological polar surface area (TPSA) is 172 Å². The van der Waals surface area contributed by atoms with Crippen molar-refractivity contribution in [3.63, 3.8) is 0 Å². The summed E-state index contributed by atoms with van der Waals surface area (Å²) in [7, 11) is 0. The average Bonchev–Trinajstić information content (AvgIpc) is 3.35. The third-order valence-corrected chi connectivity index (χ3v) is 6.38. The van der Waals surface area contributed by atoms with Gasteiger partial charge in [-0.05, 0) is 50.2 Å². The number of carbonyl (C=O) groups is 4. The summed E-state index contributed by atoms with van der Waals surface area (Å²) in [5.41, 5.74) is 11.0. The summed E-state index contributed by atoms with van der Waals surface area (Å²) in [5.74, 6) is -1.77. The molecule has 38 heavy (non-hydrogen) atoms. The first-order chi connectivity index (χ1) is 18.0. The third kappa shape index (κ3) is 9.47. The van der Waals surface area contributed by atoms with Crippen molar-refractivity contribution >= 4 is 46.9 Å². The second-order valence-corrected chi connectivity index (χ2v) is 9.97. The van der Waals surface area contributed by atoms with E-state index in [2.05, 4.69) is 20.9 Å². The standard InChI is InChI=1S/C25H37ClFN7O4/c1-15(2)13-19(33-25(38)32-17-8-4-3-7-16(17)26)23(37)34-12-6-10-20(34)22(36)31-18(21(35)14-27)9-5-11-30-24(28)29/h3-4,7-8,15,18-20H,5-6,9-14H2,1-2H3,(H,31,36)(H4,28,29,30)(H2,32,33,38)/t18-,19-,20-/m0/s1. The van der Waals surface area contributed by atoms with Crippen LogP contribution in [-0.4, -0.2) is 72.4 Å². The first kappa shape index (κ1) is 30.8. The number of carbonyl (C=O) groups excluding carboxylic acids is 4. The number of halogens is 2. The molecule has 0 saturated carbocycles. The lowest BCUT2D eigenvalue weighted by Crippen LogP contribution is -2.56. The van der Waals surface area contributed by atoms with Gasteiger partial charge in [-0.2, -0.15) is 0 Å². The van der Waals surface area contributed by atoms with Crippen LogP contribution in [0, 0.1) is 5.92 Å². The number of anilines is 1. The van der Waals surface area contributed by atoms with E-state index < -0.39 is 48.4 Å². The van der Waals surface area contributed by atoms with Gasteiger partial charge in [-0.1, -0.05) is 37.6 Å². The minimum absolute atomic E-state index is 0.0659. The number of urea groups is 1. The summed E-state index contributed by atoms with van der Waals surface area (Å²) in [6, 6.07) is 3.29. The van der Waals surface area contributed by atoms with Crippen LogP contribution in [0.3, 0.4) is 0 Å². The zero-order valence-electron chi connectivity index (χ0n) is 21.7. The largest absolute Gasteiger partial charge is 0.370 e. The Kier molecular flexibility index (Phi) is 12.3. The van der Waals surface area contributed by atoms with E-state index in [0.29, 0.717) is 42.9 Å². The average molecular weight is 554 g/mol. The van der Waals surface area contributed by atoms with Crippen molar-refractivity contribution < 1.29 is 23.6 Å². The number of hydrogen-bond donors (Lipinski definition) is 5. The van der Waals surface area contributed by atoms with E-state index in [1.807, 2.05) is 13.8 Å². The third-order valence-electron chi connectivity index (χ3n) is 6.05. The van der Waals surface area contributed by atoms with E-state index >= 15 is 0 Å². The van der Waals surface area contributed by atoms with Crippen LogP contribution in [0.5, 0.6) is 0 Å². The summed E-state index contributed by atoms with van der Waals surface area (Å²) in [6.45, 7) is 3.13. The molecule has 11 nitrogen and oxygen atoms in total. The van der Waals surface area contributed by atoms with Gasteiger partial charge < -0.3 is 32.3 Å². The minimum atomic E-state index is -1.23. The van der Waals surface area contributed by atoms with Gasteiger partial charge in [0.25, 0.3) is 0 Å². The molecule has 1 fully saturated rings. The van der Waals surface area contributed by atoms with E-state index in [9.17, 15) is 23.6 Å². The van der Waals surface area contributed by atoms with Gasteiger partial charge in [-0.3, -0.25) is 19.4 Å². The number of guanidine groups is 1. The summed E-state index contributed by atoms with van der Waals surface area (Å²) >= 11 is 6.11. The van der Waals surface area contributed by atoms with Crippen LogP contribution < -0.4 is 27.4 Å². The van der Waals surface area contributed by atoms with Crippen LogP contribution in [0.2, 0.25) is 5.02 Å². The van der Waals surface area contributed by atoms with Crippen LogP contribution >= 0.6 is 11.6 Å². The highest BCUT2D eigenvalue weighted by Crippen LogP contribution is 2.22. The van der Waals surface area contributed by atoms with Crippen LogP contribution in [0.15, 0.2) is 29.3 Å². The van der Waals surface area contributed by atoms with Crippen molar-refractivity contribution in [2.24, 2.45) is 22.4 Å². The monoisotopic (exact) mass is 553 g/mol. The predicted molar refractivity (Wildman–Crippen MR) is 144 cm³/mol. The zero-order valence-corrected chi connectivity index (χ0v) is 22.5. The van der Waals surface area contributed by atoms with Gasteiger partial charge in [-0.25, -0.2) is 9.18 Å². The second kappa shape index (κ2) is 15.1. The maximum atomic E-state index is 13.5. The molecule has 1 aliphatic rings. The number of benzene rings is 1. The number of aliphatic imine (C=N–C) groups is 1. The molecule has 0 spiro atoms. The molecule has 210 valence electrons. The first-order valence-electron chi connectivity index (χ1n) is 12.6. The zero-order chi connectivity index (χ0) is 28.2. The van der Waals surface area contributed by atoms with Crippen molar-refractivity contribution in [1.29, 1.82) is 0 Å². The fourth-order valence-corrected chi connectivity index (χ4v) is 4.44. The molecule has 13 heteroatoms. The van der Waals surface area contributed by atoms with Crippen molar-refractivity contribution in [2.75, 3.05) is 25.1 Å². The Morgan fingerprint density at radius 2 is 1.87 bits per heavy atom. The number of hydrogen-bond acceptors (Lipinski definition) is 5. The first-order valence-corrected chi connectivity index (χ1v) is 13.0. The number of amides is 4. The van der Waals surface area contributed by atoms with Gasteiger partial charge in [0.1, 0.15) is 18.8 Å². The molecule has 1 aliphatic heterocycles. The molecule has 7 N–H and O–H groups in total.